The zero-order valence-electron chi connectivity index (χ0n) is 23.3. The van der Waals surface area contributed by atoms with Crippen molar-refractivity contribution in [3.05, 3.63) is 101 Å². The van der Waals surface area contributed by atoms with Crippen LogP contribution in [-0.4, -0.2) is 56.1 Å². The number of piperidine rings is 1. The molecule has 1 aliphatic carbocycles. The SMILES string of the molecule is O=C1Nc2c(c(C3CCN(c4cnc(C5CC5)nc4)CC3)nn2C(c2ccccc2)c2ccccc2)C(C(F)(F)F)[C@H]1O. The smallest absolute Gasteiger partial charge is 0.382 e. The second-order valence-electron chi connectivity index (χ2n) is 11.6. The number of halogens is 3. The Balaban J connectivity index is 1.29. The number of aliphatic hydroxyl groups is 1. The third-order valence-corrected chi connectivity index (χ3v) is 8.79. The molecule has 1 amide bonds. The molecule has 1 saturated carbocycles. The van der Waals surface area contributed by atoms with Crippen molar-refractivity contribution < 1.29 is 23.1 Å². The lowest BCUT2D eigenvalue weighted by Gasteiger charge is -2.35. The molecular formula is C32H31F3N6O2. The largest absolute Gasteiger partial charge is 0.398 e. The van der Waals surface area contributed by atoms with E-state index >= 15 is 0 Å². The van der Waals surface area contributed by atoms with Gasteiger partial charge < -0.3 is 15.3 Å². The van der Waals surface area contributed by atoms with E-state index in [-0.39, 0.29) is 23.0 Å². The van der Waals surface area contributed by atoms with Gasteiger partial charge in [0.1, 0.15) is 29.7 Å². The lowest BCUT2D eigenvalue weighted by Crippen LogP contribution is -2.45. The number of carbonyl (C=O) groups is 1. The summed E-state index contributed by atoms with van der Waals surface area (Å²) in [6.45, 7) is 1.18. The normalized spacial score (nSPS) is 21.1. The molecule has 1 saturated heterocycles. The van der Waals surface area contributed by atoms with Crippen molar-refractivity contribution in [1.82, 2.24) is 19.7 Å². The van der Waals surface area contributed by atoms with E-state index in [1.165, 1.54) is 4.68 Å². The Morgan fingerprint density at radius 2 is 1.44 bits per heavy atom. The quantitative estimate of drug-likeness (QED) is 0.308. The highest BCUT2D eigenvalue weighted by molar-refractivity contribution is 5.97. The van der Waals surface area contributed by atoms with E-state index in [0.717, 1.165) is 35.5 Å². The van der Waals surface area contributed by atoms with Gasteiger partial charge in [0.25, 0.3) is 5.91 Å². The minimum Gasteiger partial charge on any atom is -0.382 e. The number of anilines is 2. The predicted octanol–water partition coefficient (Wildman–Crippen LogP) is 5.53. The van der Waals surface area contributed by atoms with Crippen LogP contribution in [0.3, 0.4) is 0 Å². The van der Waals surface area contributed by atoms with Gasteiger partial charge in [-0.15, -0.1) is 0 Å². The highest BCUT2D eigenvalue weighted by Crippen LogP contribution is 2.49. The van der Waals surface area contributed by atoms with Crippen LogP contribution in [0.15, 0.2) is 73.1 Å². The van der Waals surface area contributed by atoms with Crippen molar-refractivity contribution in [2.75, 3.05) is 23.3 Å². The summed E-state index contributed by atoms with van der Waals surface area (Å²) in [5.41, 5.74) is 2.62. The van der Waals surface area contributed by atoms with Crippen LogP contribution in [0.1, 0.15) is 77.7 Å². The number of hydrogen-bond donors (Lipinski definition) is 2. The Morgan fingerprint density at radius 1 is 0.860 bits per heavy atom. The van der Waals surface area contributed by atoms with E-state index in [4.69, 9.17) is 5.10 Å². The fourth-order valence-electron chi connectivity index (χ4n) is 6.43. The van der Waals surface area contributed by atoms with Crippen molar-refractivity contribution >= 4 is 17.4 Å². The second kappa shape index (κ2) is 10.8. The molecule has 2 aliphatic heterocycles. The molecule has 2 N–H and O–H groups in total. The molecule has 7 rings (SSSR count). The van der Waals surface area contributed by atoms with Crippen LogP contribution >= 0.6 is 0 Å². The molecule has 0 bridgehead atoms. The van der Waals surface area contributed by atoms with Gasteiger partial charge >= 0.3 is 6.18 Å². The van der Waals surface area contributed by atoms with Gasteiger partial charge in [0.15, 0.2) is 0 Å². The van der Waals surface area contributed by atoms with E-state index in [1.54, 1.807) is 0 Å². The number of benzene rings is 2. The van der Waals surface area contributed by atoms with E-state index in [1.807, 2.05) is 73.1 Å². The standard InChI is InChI=1S/C32H31F3N6O2/c33-32(34,35)25-24-26(19-13-15-40(16-14-19)23-17-36-29(37-18-23)22-11-12-22)39-41(30(24)38-31(43)28(25)42)27(20-7-3-1-4-8-20)21-9-5-2-6-10-21/h1-10,17-19,22,25,27-28,42H,11-16H2,(H,38,43)/t25?,28-/m1/s1. The maximum absolute atomic E-state index is 14.6. The van der Waals surface area contributed by atoms with Crippen LogP contribution in [0.5, 0.6) is 0 Å². The molecule has 11 heteroatoms. The number of aromatic nitrogens is 4. The minimum absolute atomic E-state index is 0.0168. The Hall–Kier alpha value is -4.25. The number of aliphatic hydroxyl groups excluding tert-OH is 1. The lowest BCUT2D eigenvalue weighted by atomic mass is 9.82. The highest BCUT2D eigenvalue weighted by atomic mass is 19.4. The van der Waals surface area contributed by atoms with Gasteiger partial charge in [-0.2, -0.15) is 18.3 Å². The maximum Gasteiger partial charge on any atom is 0.398 e. The maximum atomic E-state index is 14.6. The summed E-state index contributed by atoms with van der Waals surface area (Å²) in [5.74, 6) is -2.48. The molecule has 2 fully saturated rings. The van der Waals surface area contributed by atoms with E-state index < -0.39 is 30.1 Å². The first-order chi connectivity index (χ1) is 20.8. The summed E-state index contributed by atoms with van der Waals surface area (Å²) in [7, 11) is 0. The monoisotopic (exact) mass is 588 g/mol. The van der Waals surface area contributed by atoms with Crippen LogP contribution in [0.4, 0.5) is 24.7 Å². The van der Waals surface area contributed by atoms with Crippen molar-refractivity contribution in [1.29, 1.82) is 0 Å². The van der Waals surface area contributed by atoms with Gasteiger partial charge in [-0.3, -0.25) is 4.79 Å². The zero-order chi connectivity index (χ0) is 29.7. The minimum atomic E-state index is -4.86. The summed E-state index contributed by atoms with van der Waals surface area (Å²) >= 11 is 0. The number of fused-ring (bicyclic) bond motifs is 1. The van der Waals surface area contributed by atoms with Crippen molar-refractivity contribution in [3.8, 4) is 0 Å². The lowest BCUT2D eigenvalue weighted by molar-refractivity contribution is -0.177. The van der Waals surface area contributed by atoms with Crippen molar-refractivity contribution in [2.45, 2.75) is 61.8 Å². The van der Waals surface area contributed by atoms with E-state index in [0.29, 0.717) is 31.8 Å². The number of carbonyl (C=O) groups excluding carboxylic acids is 1. The molecule has 4 heterocycles. The van der Waals surface area contributed by atoms with Gasteiger partial charge in [-0.25, -0.2) is 14.6 Å². The first-order valence-electron chi connectivity index (χ1n) is 14.6. The van der Waals surface area contributed by atoms with Crippen LogP contribution in [-0.2, 0) is 4.79 Å². The average Bonchev–Trinajstić information content (AvgIpc) is 3.81. The molecule has 2 atom stereocenters. The highest BCUT2D eigenvalue weighted by Gasteiger charge is 2.55. The first-order valence-corrected chi connectivity index (χ1v) is 14.6. The van der Waals surface area contributed by atoms with Gasteiger partial charge in [-0.05, 0) is 36.8 Å². The zero-order valence-corrected chi connectivity index (χ0v) is 23.3. The molecule has 0 radical (unpaired) electrons. The average molecular weight is 589 g/mol. The summed E-state index contributed by atoms with van der Waals surface area (Å²) in [4.78, 5) is 24.0. The fraction of sp³-hybridized carbons (Fsp3) is 0.375. The molecule has 2 aromatic carbocycles. The molecule has 8 nitrogen and oxygen atoms in total. The third-order valence-electron chi connectivity index (χ3n) is 8.79. The Kier molecular flexibility index (Phi) is 6.92. The molecule has 1 unspecified atom stereocenters. The molecule has 222 valence electrons. The van der Waals surface area contributed by atoms with Crippen LogP contribution in [0.2, 0.25) is 0 Å². The number of nitrogens with one attached hydrogen (secondary N) is 1. The van der Waals surface area contributed by atoms with Gasteiger partial charge in [-0.1, -0.05) is 60.7 Å². The van der Waals surface area contributed by atoms with Crippen LogP contribution in [0, 0.1) is 0 Å². The molecule has 0 spiro atoms. The molecule has 3 aliphatic rings. The number of hydrogen-bond acceptors (Lipinski definition) is 6. The number of nitrogens with zero attached hydrogens (tertiary/aromatic N) is 5. The summed E-state index contributed by atoms with van der Waals surface area (Å²) in [6, 6.07) is 18.1. The summed E-state index contributed by atoms with van der Waals surface area (Å²) in [5, 5.41) is 18.1. The van der Waals surface area contributed by atoms with Crippen molar-refractivity contribution in [2.24, 2.45) is 0 Å². The topological polar surface area (TPSA) is 96.2 Å². The summed E-state index contributed by atoms with van der Waals surface area (Å²) < 4.78 is 45.4. The molecule has 43 heavy (non-hydrogen) atoms. The van der Waals surface area contributed by atoms with Gasteiger partial charge in [0, 0.05) is 30.5 Å². The Bertz CT molecular complexity index is 1560. The number of rotatable bonds is 6. The van der Waals surface area contributed by atoms with E-state index in [9.17, 15) is 23.1 Å². The number of amides is 1. The molecule has 4 aromatic rings. The summed E-state index contributed by atoms with van der Waals surface area (Å²) in [6.07, 6.45) is -0.145. The van der Waals surface area contributed by atoms with Gasteiger partial charge in [0.05, 0.1) is 23.8 Å². The molecular weight excluding hydrogens is 557 g/mol. The Morgan fingerprint density at radius 3 is 1.98 bits per heavy atom. The second-order valence-corrected chi connectivity index (χ2v) is 11.6. The number of alkyl halides is 3. The van der Waals surface area contributed by atoms with Crippen molar-refractivity contribution in [3.63, 3.8) is 0 Å². The van der Waals surface area contributed by atoms with E-state index in [2.05, 4.69) is 20.2 Å². The van der Waals surface area contributed by atoms with Gasteiger partial charge in [0.2, 0.25) is 0 Å². The van der Waals surface area contributed by atoms with Crippen LogP contribution in [0.25, 0.3) is 0 Å². The fourth-order valence-corrected chi connectivity index (χ4v) is 6.43. The Labute approximate surface area is 246 Å². The van der Waals surface area contributed by atoms with Crippen LogP contribution < -0.4 is 10.2 Å². The predicted molar refractivity (Wildman–Crippen MR) is 154 cm³/mol. The third kappa shape index (κ3) is 5.15. The first kappa shape index (κ1) is 27.6. The molecule has 2 aromatic heterocycles.